The molecular weight excluding hydrogens is 252 g/mol. The van der Waals surface area contributed by atoms with Crippen molar-refractivity contribution in [1.29, 1.82) is 0 Å². The van der Waals surface area contributed by atoms with Crippen LogP contribution in [0.5, 0.6) is 0 Å². The summed E-state index contributed by atoms with van der Waals surface area (Å²) in [7, 11) is 0. The summed E-state index contributed by atoms with van der Waals surface area (Å²) < 4.78 is 5.39. The van der Waals surface area contributed by atoms with Crippen LogP contribution in [0.25, 0.3) is 0 Å². The molecule has 0 saturated carbocycles. The zero-order valence-electron chi connectivity index (χ0n) is 11.7. The Labute approximate surface area is 119 Å². The fraction of sp³-hybridized carbons (Fsp3) is 0.438. The predicted molar refractivity (Wildman–Crippen MR) is 76.2 cm³/mol. The van der Waals surface area contributed by atoms with Crippen LogP contribution < -0.4 is 0 Å². The largest absolute Gasteiger partial charge is 0.387 e. The standard InChI is InChI=1S/C16H20N2O2/c1-12-10-16(20-17-12)14-8-5-9-18(14)11-15(19)13-6-3-2-4-7-13/h2-4,6-7,10,14-15,19H,5,8-9,11H2,1H3. The number of nitrogens with zero attached hydrogens (tertiary/aromatic N) is 2. The fourth-order valence-corrected chi connectivity index (χ4v) is 2.91. The molecule has 2 heterocycles. The van der Waals surface area contributed by atoms with Gasteiger partial charge < -0.3 is 9.63 Å². The minimum Gasteiger partial charge on any atom is -0.387 e. The van der Waals surface area contributed by atoms with E-state index in [0.717, 1.165) is 36.4 Å². The average Bonchev–Trinajstić information content (AvgIpc) is 3.08. The zero-order chi connectivity index (χ0) is 13.9. The van der Waals surface area contributed by atoms with Gasteiger partial charge in [-0.25, -0.2) is 0 Å². The molecule has 4 nitrogen and oxygen atoms in total. The van der Waals surface area contributed by atoms with Crippen molar-refractivity contribution < 1.29 is 9.63 Å². The number of aryl methyl sites for hydroxylation is 1. The number of aliphatic hydroxyl groups excluding tert-OH is 1. The smallest absolute Gasteiger partial charge is 0.154 e. The van der Waals surface area contributed by atoms with Crippen molar-refractivity contribution in [2.24, 2.45) is 0 Å². The molecule has 1 fully saturated rings. The average molecular weight is 272 g/mol. The third kappa shape index (κ3) is 2.76. The van der Waals surface area contributed by atoms with E-state index in [4.69, 9.17) is 4.52 Å². The van der Waals surface area contributed by atoms with Crippen LogP contribution in [0.3, 0.4) is 0 Å². The van der Waals surface area contributed by atoms with E-state index in [9.17, 15) is 5.11 Å². The number of β-amino-alcohol motifs (C(OH)–C–C–N with tert-alkyl or cyclic N) is 1. The van der Waals surface area contributed by atoms with E-state index in [-0.39, 0.29) is 6.04 Å². The molecule has 4 heteroatoms. The normalized spacial score (nSPS) is 21.2. The first-order valence-electron chi connectivity index (χ1n) is 7.14. The van der Waals surface area contributed by atoms with Crippen LogP contribution >= 0.6 is 0 Å². The van der Waals surface area contributed by atoms with E-state index in [2.05, 4.69) is 10.1 Å². The Morgan fingerprint density at radius 2 is 2.20 bits per heavy atom. The van der Waals surface area contributed by atoms with Gasteiger partial charge in [-0.05, 0) is 31.9 Å². The van der Waals surface area contributed by atoms with E-state index in [0.29, 0.717) is 6.54 Å². The lowest BCUT2D eigenvalue weighted by molar-refractivity contribution is 0.0983. The summed E-state index contributed by atoms with van der Waals surface area (Å²) in [5.74, 6) is 0.917. The molecule has 20 heavy (non-hydrogen) atoms. The van der Waals surface area contributed by atoms with Gasteiger partial charge in [-0.3, -0.25) is 4.90 Å². The van der Waals surface area contributed by atoms with Crippen LogP contribution in [-0.4, -0.2) is 28.3 Å². The Morgan fingerprint density at radius 3 is 2.90 bits per heavy atom. The van der Waals surface area contributed by atoms with Crippen molar-refractivity contribution in [2.45, 2.75) is 31.9 Å². The fourth-order valence-electron chi connectivity index (χ4n) is 2.91. The Bertz CT molecular complexity index is 553. The molecular formula is C16H20N2O2. The van der Waals surface area contributed by atoms with Gasteiger partial charge in [0.25, 0.3) is 0 Å². The molecule has 1 aliphatic rings. The maximum Gasteiger partial charge on any atom is 0.154 e. The number of hydrogen-bond donors (Lipinski definition) is 1. The first-order valence-corrected chi connectivity index (χ1v) is 7.14. The topological polar surface area (TPSA) is 49.5 Å². The van der Waals surface area contributed by atoms with Gasteiger partial charge in [-0.2, -0.15) is 0 Å². The number of rotatable bonds is 4. The predicted octanol–water partition coefficient (Wildman–Crippen LogP) is 2.85. The second-order valence-corrected chi connectivity index (χ2v) is 5.45. The van der Waals surface area contributed by atoms with Gasteiger partial charge in [0.2, 0.25) is 0 Å². The first-order chi connectivity index (χ1) is 9.74. The lowest BCUT2D eigenvalue weighted by atomic mass is 10.1. The van der Waals surface area contributed by atoms with Crippen LogP contribution in [0.15, 0.2) is 40.9 Å². The number of benzene rings is 1. The second kappa shape index (κ2) is 5.77. The monoisotopic (exact) mass is 272 g/mol. The molecule has 1 aromatic heterocycles. The van der Waals surface area contributed by atoms with Gasteiger partial charge in [-0.15, -0.1) is 0 Å². The van der Waals surface area contributed by atoms with Crippen LogP contribution in [-0.2, 0) is 0 Å². The van der Waals surface area contributed by atoms with Gasteiger partial charge in [-0.1, -0.05) is 35.5 Å². The zero-order valence-corrected chi connectivity index (χ0v) is 11.7. The third-order valence-corrected chi connectivity index (χ3v) is 3.93. The molecule has 0 bridgehead atoms. The minimum absolute atomic E-state index is 0.245. The quantitative estimate of drug-likeness (QED) is 0.929. The molecule has 1 N–H and O–H groups in total. The summed E-state index contributed by atoms with van der Waals surface area (Å²) in [5.41, 5.74) is 1.88. The Hall–Kier alpha value is -1.65. The highest BCUT2D eigenvalue weighted by atomic mass is 16.5. The maximum atomic E-state index is 10.4. The van der Waals surface area contributed by atoms with Crippen molar-refractivity contribution in [2.75, 3.05) is 13.1 Å². The van der Waals surface area contributed by atoms with E-state index in [1.165, 1.54) is 0 Å². The van der Waals surface area contributed by atoms with Crippen LogP contribution in [0.4, 0.5) is 0 Å². The lowest BCUT2D eigenvalue weighted by Gasteiger charge is -2.25. The molecule has 1 aliphatic heterocycles. The van der Waals surface area contributed by atoms with Gasteiger partial charge in [0, 0.05) is 12.6 Å². The lowest BCUT2D eigenvalue weighted by Crippen LogP contribution is -2.28. The molecule has 2 unspecified atom stereocenters. The summed E-state index contributed by atoms with van der Waals surface area (Å²) >= 11 is 0. The second-order valence-electron chi connectivity index (χ2n) is 5.45. The molecule has 106 valence electrons. The third-order valence-electron chi connectivity index (χ3n) is 3.93. The Kier molecular flexibility index (Phi) is 3.85. The molecule has 2 atom stereocenters. The molecule has 3 rings (SSSR count). The Morgan fingerprint density at radius 1 is 1.40 bits per heavy atom. The molecule has 0 aliphatic carbocycles. The van der Waals surface area contributed by atoms with Gasteiger partial charge in [0.1, 0.15) is 0 Å². The summed E-state index contributed by atoms with van der Waals surface area (Å²) in [5, 5.41) is 14.3. The van der Waals surface area contributed by atoms with Crippen molar-refractivity contribution in [3.63, 3.8) is 0 Å². The molecule has 0 radical (unpaired) electrons. The molecule has 1 aromatic carbocycles. The van der Waals surface area contributed by atoms with Gasteiger partial charge in [0.15, 0.2) is 5.76 Å². The summed E-state index contributed by atoms with van der Waals surface area (Å²) in [6.45, 7) is 3.56. The minimum atomic E-state index is -0.458. The number of hydrogen-bond acceptors (Lipinski definition) is 4. The molecule has 2 aromatic rings. The van der Waals surface area contributed by atoms with Crippen LogP contribution in [0.2, 0.25) is 0 Å². The van der Waals surface area contributed by atoms with Crippen molar-refractivity contribution >= 4 is 0 Å². The molecule has 0 spiro atoms. The Balaban J connectivity index is 1.70. The van der Waals surface area contributed by atoms with Crippen LogP contribution in [0, 0.1) is 6.92 Å². The highest BCUT2D eigenvalue weighted by Crippen LogP contribution is 2.33. The number of aromatic nitrogens is 1. The highest BCUT2D eigenvalue weighted by Gasteiger charge is 2.30. The highest BCUT2D eigenvalue weighted by molar-refractivity contribution is 5.18. The van der Waals surface area contributed by atoms with E-state index < -0.39 is 6.10 Å². The van der Waals surface area contributed by atoms with E-state index >= 15 is 0 Å². The number of likely N-dealkylation sites (tertiary alicyclic amines) is 1. The van der Waals surface area contributed by atoms with Crippen molar-refractivity contribution in [1.82, 2.24) is 10.1 Å². The van der Waals surface area contributed by atoms with Gasteiger partial charge in [0.05, 0.1) is 17.8 Å². The number of aliphatic hydroxyl groups is 1. The van der Waals surface area contributed by atoms with Gasteiger partial charge >= 0.3 is 0 Å². The summed E-state index contributed by atoms with van der Waals surface area (Å²) in [6.07, 6.45) is 1.74. The van der Waals surface area contributed by atoms with E-state index in [1.54, 1.807) is 0 Å². The van der Waals surface area contributed by atoms with E-state index in [1.807, 2.05) is 43.3 Å². The summed E-state index contributed by atoms with van der Waals surface area (Å²) in [6, 6.07) is 12.1. The first kappa shape index (κ1) is 13.3. The van der Waals surface area contributed by atoms with Crippen molar-refractivity contribution in [3.05, 3.63) is 53.4 Å². The SMILES string of the molecule is Cc1cc(C2CCCN2CC(O)c2ccccc2)on1. The molecule has 1 saturated heterocycles. The summed E-state index contributed by atoms with van der Waals surface area (Å²) in [4.78, 5) is 2.29. The van der Waals surface area contributed by atoms with Crippen LogP contribution in [0.1, 0.15) is 42.0 Å². The molecule has 0 amide bonds. The maximum absolute atomic E-state index is 10.4. The van der Waals surface area contributed by atoms with Crippen molar-refractivity contribution in [3.8, 4) is 0 Å².